The first-order valence-corrected chi connectivity index (χ1v) is 4.94. The van der Waals surface area contributed by atoms with E-state index in [0.29, 0.717) is 0 Å². The number of alkyl halides is 3. The molecule has 1 atom stereocenters. The van der Waals surface area contributed by atoms with Gasteiger partial charge in [-0.15, -0.1) is 0 Å². The van der Waals surface area contributed by atoms with Crippen LogP contribution in [-0.4, -0.2) is 17.8 Å². The molecule has 0 heterocycles. The van der Waals surface area contributed by atoms with Gasteiger partial charge in [0.15, 0.2) is 0 Å². The van der Waals surface area contributed by atoms with Gasteiger partial charge in [-0.25, -0.2) is 0 Å². The number of aliphatic hydroxyl groups excluding tert-OH is 1. The summed E-state index contributed by atoms with van der Waals surface area (Å²) < 4.78 is 37.7. The van der Waals surface area contributed by atoms with Crippen molar-refractivity contribution in [1.29, 1.82) is 0 Å². The van der Waals surface area contributed by atoms with Crippen LogP contribution in [0, 0.1) is 0 Å². The van der Waals surface area contributed by atoms with Crippen LogP contribution in [0.15, 0.2) is 24.3 Å². The molecule has 0 fully saturated rings. The first-order valence-electron chi connectivity index (χ1n) is 4.94. The smallest absolute Gasteiger partial charge is 0.395 e. The van der Waals surface area contributed by atoms with Gasteiger partial charge in [0.1, 0.15) is 0 Å². The second kappa shape index (κ2) is 5.32. The lowest BCUT2D eigenvalue weighted by molar-refractivity contribution is -0.138. The van der Waals surface area contributed by atoms with Gasteiger partial charge in [0.05, 0.1) is 12.2 Å². The van der Waals surface area contributed by atoms with Crippen LogP contribution in [0.2, 0.25) is 0 Å². The zero-order chi connectivity index (χ0) is 12.2. The topological polar surface area (TPSA) is 32.3 Å². The van der Waals surface area contributed by atoms with Crippen molar-refractivity contribution in [3.63, 3.8) is 0 Å². The zero-order valence-corrected chi connectivity index (χ0v) is 8.88. The van der Waals surface area contributed by atoms with Gasteiger partial charge in [-0.1, -0.05) is 18.2 Å². The third kappa shape index (κ3) is 3.50. The van der Waals surface area contributed by atoms with Crippen LogP contribution in [0.5, 0.6) is 0 Å². The van der Waals surface area contributed by atoms with Gasteiger partial charge in [-0.3, -0.25) is 0 Å². The Kier molecular flexibility index (Phi) is 4.32. The van der Waals surface area contributed by atoms with Crippen LogP contribution in [0.1, 0.15) is 18.1 Å². The minimum Gasteiger partial charge on any atom is -0.395 e. The molecule has 2 nitrogen and oxygen atoms in total. The van der Waals surface area contributed by atoms with E-state index >= 15 is 0 Å². The van der Waals surface area contributed by atoms with Gasteiger partial charge < -0.3 is 10.4 Å². The van der Waals surface area contributed by atoms with Crippen LogP contribution in [0.4, 0.5) is 13.2 Å². The molecule has 1 aromatic carbocycles. The van der Waals surface area contributed by atoms with Crippen molar-refractivity contribution in [1.82, 2.24) is 5.32 Å². The van der Waals surface area contributed by atoms with Gasteiger partial charge in [0.2, 0.25) is 0 Å². The predicted octanol–water partition coefficient (Wildman–Crippen LogP) is 2.18. The average Bonchev–Trinajstić information content (AvgIpc) is 2.25. The number of hydrogen-bond acceptors (Lipinski definition) is 2. The molecule has 90 valence electrons. The van der Waals surface area contributed by atoms with Crippen LogP contribution >= 0.6 is 0 Å². The Bertz CT molecular complexity index is 338. The molecule has 0 aromatic heterocycles. The highest BCUT2D eigenvalue weighted by Crippen LogP contribution is 2.31. The third-order valence-electron chi connectivity index (χ3n) is 2.24. The number of aliphatic hydroxyl groups is 1. The van der Waals surface area contributed by atoms with E-state index in [2.05, 4.69) is 5.32 Å². The van der Waals surface area contributed by atoms with E-state index < -0.39 is 11.7 Å². The Morgan fingerprint density at radius 2 is 1.94 bits per heavy atom. The molecule has 0 saturated heterocycles. The molecule has 5 heteroatoms. The minimum absolute atomic E-state index is 0.0947. The third-order valence-corrected chi connectivity index (χ3v) is 2.24. The van der Waals surface area contributed by atoms with E-state index in [4.69, 9.17) is 5.11 Å². The van der Waals surface area contributed by atoms with Crippen molar-refractivity contribution in [3.05, 3.63) is 35.4 Å². The van der Waals surface area contributed by atoms with E-state index in [-0.39, 0.29) is 24.8 Å². The summed E-state index contributed by atoms with van der Waals surface area (Å²) in [7, 11) is 0. The number of benzene rings is 1. The second-order valence-electron chi connectivity index (χ2n) is 3.62. The van der Waals surface area contributed by atoms with Gasteiger partial charge in [-0.05, 0) is 18.6 Å². The fraction of sp³-hybridized carbons (Fsp3) is 0.455. The maximum Gasteiger partial charge on any atom is 0.416 e. The van der Waals surface area contributed by atoms with Crippen molar-refractivity contribution < 1.29 is 18.3 Å². The summed E-state index contributed by atoms with van der Waals surface area (Å²) in [6.07, 6.45) is -4.33. The van der Waals surface area contributed by atoms with Crippen molar-refractivity contribution in [2.45, 2.75) is 25.7 Å². The van der Waals surface area contributed by atoms with Crippen molar-refractivity contribution in [2.24, 2.45) is 0 Å². The summed E-state index contributed by atoms with van der Waals surface area (Å²) in [4.78, 5) is 0. The lowest BCUT2D eigenvalue weighted by Gasteiger charge is -2.15. The van der Waals surface area contributed by atoms with Gasteiger partial charge in [-0.2, -0.15) is 13.2 Å². The first-order chi connectivity index (χ1) is 7.45. The van der Waals surface area contributed by atoms with Crippen molar-refractivity contribution in [3.8, 4) is 0 Å². The van der Waals surface area contributed by atoms with Crippen molar-refractivity contribution in [2.75, 3.05) is 6.61 Å². The molecule has 0 spiro atoms. The monoisotopic (exact) mass is 233 g/mol. The average molecular weight is 233 g/mol. The molecule has 0 amide bonds. The van der Waals surface area contributed by atoms with E-state index in [0.717, 1.165) is 6.07 Å². The molecule has 0 bridgehead atoms. The fourth-order valence-corrected chi connectivity index (χ4v) is 1.30. The Hall–Kier alpha value is -1.07. The zero-order valence-electron chi connectivity index (χ0n) is 8.88. The second-order valence-corrected chi connectivity index (χ2v) is 3.62. The maximum absolute atomic E-state index is 12.6. The Morgan fingerprint density at radius 3 is 2.50 bits per heavy atom. The van der Waals surface area contributed by atoms with Crippen LogP contribution < -0.4 is 5.32 Å². The van der Waals surface area contributed by atoms with Crippen LogP contribution in [0.25, 0.3) is 0 Å². The van der Waals surface area contributed by atoms with Crippen molar-refractivity contribution >= 4 is 0 Å². The standard InChI is InChI=1S/C11H14F3NO/c1-8(7-16)15-6-9-4-2-3-5-10(9)11(12,13)14/h2-5,8,15-16H,6-7H2,1H3/t8-/m1/s1. The molecule has 16 heavy (non-hydrogen) atoms. The van der Waals surface area contributed by atoms with Gasteiger partial charge in [0.25, 0.3) is 0 Å². The molecule has 0 aliphatic heterocycles. The summed E-state index contributed by atoms with van der Waals surface area (Å²) in [6, 6.07) is 5.19. The largest absolute Gasteiger partial charge is 0.416 e. The van der Waals surface area contributed by atoms with E-state index in [1.807, 2.05) is 0 Å². The molecule has 1 aromatic rings. The number of halogens is 3. The molecule has 0 unspecified atom stereocenters. The number of hydrogen-bond donors (Lipinski definition) is 2. The molecule has 0 saturated carbocycles. The Morgan fingerprint density at radius 1 is 1.31 bits per heavy atom. The summed E-state index contributed by atoms with van der Waals surface area (Å²) in [5.74, 6) is 0. The van der Waals surface area contributed by atoms with Crippen LogP contribution in [0.3, 0.4) is 0 Å². The molecule has 0 aliphatic carbocycles. The first kappa shape index (κ1) is 13.0. The van der Waals surface area contributed by atoms with Gasteiger partial charge >= 0.3 is 6.18 Å². The summed E-state index contributed by atoms with van der Waals surface area (Å²) in [5.41, 5.74) is -0.442. The molecular formula is C11H14F3NO. The normalized spacial score (nSPS) is 13.8. The summed E-state index contributed by atoms with van der Waals surface area (Å²) in [6.45, 7) is 1.70. The highest BCUT2D eigenvalue weighted by atomic mass is 19.4. The summed E-state index contributed by atoms with van der Waals surface area (Å²) in [5, 5.41) is 11.6. The highest BCUT2D eigenvalue weighted by Gasteiger charge is 2.32. The Balaban J connectivity index is 2.80. The van der Waals surface area contributed by atoms with Crippen LogP contribution in [-0.2, 0) is 12.7 Å². The quantitative estimate of drug-likeness (QED) is 0.835. The molecule has 0 aliphatic rings. The lowest BCUT2D eigenvalue weighted by atomic mass is 10.1. The maximum atomic E-state index is 12.6. The molecule has 0 radical (unpaired) electrons. The predicted molar refractivity (Wildman–Crippen MR) is 54.8 cm³/mol. The fourth-order valence-electron chi connectivity index (χ4n) is 1.30. The van der Waals surface area contributed by atoms with E-state index in [1.54, 1.807) is 13.0 Å². The number of rotatable bonds is 4. The SMILES string of the molecule is C[C@H](CO)NCc1ccccc1C(F)(F)F. The highest BCUT2D eigenvalue weighted by molar-refractivity contribution is 5.29. The molecular weight excluding hydrogens is 219 g/mol. The van der Waals surface area contributed by atoms with Gasteiger partial charge in [0, 0.05) is 12.6 Å². The molecule has 2 N–H and O–H groups in total. The molecule has 1 rings (SSSR count). The van der Waals surface area contributed by atoms with E-state index in [9.17, 15) is 13.2 Å². The van der Waals surface area contributed by atoms with E-state index in [1.165, 1.54) is 12.1 Å². The number of nitrogens with one attached hydrogen (secondary N) is 1. The summed E-state index contributed by atoms with van der Waals surface area (Å²) >= 11 is 0. The minimum atomic E-state index is -4.33. The lowest BCUT2D eigenvalue weighted by Crippen LogP contribution is -2.29. The Labute approximate surface area is 92.1 Å².